The first-order valence-electron chi connectivity index (χ1n) is 6.91. The first kappa shape index (κ1) is 15.7. The predicted molar refractivity (Wildman–Crippen MR) is 86.7 cm³/mol. The van der Waals surface area contributed by atoms with E-state index in [9.17, 15) is 0 Å². The number of hydrogen-bond acceptors (Lipinski definition) is 4. The number of methoxy groups -OCH3 is 1. The van der Waals surface area contributed by atoms with Gasteiger partial charge in [0.25, 0.3) is 0 Å². The molecular formula is C15H20BrN3O2. The molecule has 0 aliphatic heterocycles. The van der Waals surface area contributed by atoms with Crippen LogP contribution in [0.4, 0.5) is 5.69 Å². The van der Waals surface area contributed by atoms with Crippen LogP contribution in [0.15, 0.2) is 22.7 Å². The van der Waals surface area contributed by atoms with Crippen LogP contribution in [0.3, 0.4) is 0 Å². The van der Waals surface area contributed by atoms with Crippen LogP contribution >= 0.6 is 15.9 Å². The van der Waals surface area contributed by atoms with E-state index in [1.54, 1.807) is 19.2 Å². The quantitative estimate of drug-likeness (QED) is 0.808. The Balaban J connectivity index is 2.22. The summed E-state index contributed by atoms with van der Waals surface area (Å²) in [5.74, 6) is 1.30. The Morgan fingerprint density at radius 1 is 1.29 bits per heavy atom. The van der Waals surface area contributed by atoms with Gasteiger partial charge >= 0.3 is 0 Å². The van der Waals surface area contributed by atoms with Gasteiger partial charge in [0.1, 0.15) is 6.61 Å². The zero-order valence-corrected chi connectivity index (χ0v) is 14.1. The van der Waals surface area contributed by atoms with E-state index in [1.807, 2.05) is 10.7 Å². The average molecular weight is 354 g/mol. The molecule has 5 nitrogen and oxygen atoms in total. The van der Waals surface area contributed by atoms with Crippen LogP contribution in [0, 0.1) is 0 Å². The number of ether oxygens (including phenoxy) is 2. The predicted octanol–water partition coefficient (Wildman–Crippen LogP) is 3.40. The molecule has 1 aromatic carbocycles. The first-order chi connectivity index (χ1) is 10.1. The molecular weight excluding hydrogens is 334 g/mol. The zero-order chi connectivity index (χ0) is 15.4. The van der Waals surface area contributed by atoms with Crippen molar-refractivity contribution in [3.63, 3.8) is 0 Å². The number of benzene rings is 1. The van der Waals surface area contributed by atoms with Crippen molar-refractivity contribution in [3.05, 3.63) is 34.1 Å². The summed E-state index contributed by atoms with van der Waals surface area (Å²) in [5, 5.41) is 4.55. The normalized spacial score (nSPS) is 10.7. The van der Waals surface area contributed by atoms with Gasteiger partial charge in [-0.3, -0.25) is 4.68 Å². The molecule has 0 spiro atoms. The van der Waals surface area contributed by atoms with E-state index in [1.165, 1.54) is 0 Å². The minimum Gasteiger partial charge on any atom is -0.493 e. The van der Waals surface area contributed by atoms with Crippen molar-refractivity contribution in [2.24, 2.45) is 0 Å². The third kappa shape index (κ3) is 3.32. The monoisotopic (exact) mass is 353 g/mol. The summed E-state index contributed by atoms with van der Waals surface area (Å²) < 4.78 is 14.1. The Kier molecular flexibility index (Phi) is 5.12. The summed E-state index contributed by atoms with van der Waals surface area (Å²) in [6.45, 7) is 5.37. The molecule has 0 bridgehead atoms. The molecule has 0 aliphatic rings. The number of nitrogens with two attached hydrogens (primary N) is 1. The number of rotatable bonds is 6. The summed E-state index contributed by atoms with van der Waals surface area (Å²) in [7, 11) is 1.60. The summed E-state index contributed by atoms with van der Waals surface area (Å²) in [6.07, 6.45) is 0.881. The fourth-order valence-corrected chi connectivity index (χ4v) is 2.78. The maximum atomic E-state index is 5.88. The van der Waals surface area contributed by atoms with Crippen LogP contribution < -0.4 is 15.2 Å². The number of nitrogens with zero attached hydrogens (tertiary/aromatic N) is 2. The van der Waals surface area contributed by atoms with Crippen LogP contribution in [0.25, 0.3) is 0 Å². The second kappa shape index (κ2) is 6.85. The highest BCUT2D eigenvalue weighted by molar-refractivity contribution is 9.10. The van der Waals surface area contributed by atoms with Gasteiger partial charge in [0.2, 0.25) is 0 Å². The Bertz CT molecular complexity index is 626. The minimum atomic E-state index is 0.418. The van der Waals surface area contributed by atoms with Crippen LogP contribution in [0.1, 0.15) is 25.2 Å². The molecule has 2 rings (SSSR count). The van der Waals surface area contributed by atoms with Gasteiger partial charge in [0, 0.05) is 18.3 Å². The lowest BCUT2D eigenvalue weighted by Gasteiger charge is -2.12. The maximum absolute atomic E-state index is 5.88. The van der Waals surface area contributed by atoms with E-state index in [4.69, 9.17) is 15.2 Å². The van der Waals surface area contributed by atoms with Crippen molar-refractivity contribution < 1.29 is 9.47 Å². The molecule has 0 radical (unpaired) electrons. The number of anilines is 1. The molecule has 2 aromatic rings. The average Bonchev–Trinajstić information content (AvgIpc) is 2.81. The van der Waals surface area contributed by atoms with Crippen LogP contribution in [0.2, 0.25) is 0 Å². The van der Waals surface area contributed by atoms with Crippen molar-refractivity contribution in [2.45, 2.75) is 33.4 Å². The fourth-order valence-electron chi connectivity index (χ4n) is 2.10. The lowest BCUT2D eigenvalue weighted by molar-refractivity contribution is 0.273. The Morgan fingerprint density at radius 2 is 2.05 bits per heavy atom. The summed E-state index contributed by atoms with van der Waals surface area (Å²) in [5.41, 5.74) is 8.45. The number of aryl methyl sites for hydroxylation is 2. The van der Waals surface area contributed by atoms with Crippen molar-refractivity contribution in [1.82, 2.24) is 9.78 Å². The molecule has 0 atom stereocenters. The van der Waals surface area contributed by atoms with Crippen molar-refractivity contribution in [3.8, 4) is 11.5 Å². The smallest absolute Gasteiger partial charge is 0.162 e. The summed E-state index contributed by atoms with van der Waals surface area (Å²) >= 11 is 3.61. The number of halogens is 1. The Hall–Kier alpha value is -1.69. The second-order valence-corrected chi connectivity index (χ2v) is 5.37. The minimum absolute atomic E-state index is 0.418. The lowest BCUT2D eigenvalue weighted by atomic mass is 10.3. The standard InChI is InChI=1S/C15H20BrN3O2/c1-4-11-15(16)12(19(5-2)18-11)9-21-13-7-6-10(17)8-14(13)20-3/h6-8H,4-5,9,17H2,1-3H3. The van der Waals surface area contributed by atoms with Gasteiger partial charge in [-0.25, -0.2) is 0 Å². The molecule has 0 unspecified atom stereocenters. The van der Waals surface area contributed by atoms with Gasteiger partial charge in [-0.05, 0) is 41.4 Å². The van der Waals surface area contributed by atoms with Gasteiger partial charge in [0.15, 0.2) is 11.5 Å². The maximum Gasteiger partial charge on any atom is 0.162 e. The first-order valence-corrected chi connectivity index (χ1v) is 7.70. The molecule has 0 fully saturated rings. The topological polar surface area (TPSA) is 62.3 Å². The highest BCUT2D eigenvalue weighted by Crippen LogP contribution is 2.31. The van der Waals surface area contributed by atoms with Crippen LogP contribution in [-0.2, 0) is 19.6 Å². The molecule has 0 saturated carbocycles. The van der Waals surface area contributed by atoms with Gasteiger partial charge < -0.3 is 15.2 Å². The third-order valence-electron chi connectivity index (χ3n) is 3.25. The summed E-state index contributed by atoms with van der Waals surface area (Å²) in [6, 6.07) is 5.36. The van der Waals surface area contributed by atoms with E-state index in [-0.39, 0.29) is 0 Å². The fraction of sp³-hybridized carbons (Fsp3) is 0.400. The van der Waals surface area contributed by atoms with Gasteiger partial charge in [0.05, 0.1) is 23.0 Å². The largest absolute Gasteiger partial charge is 0.493 e. The molecule has 0 amide bonds. The number of aromatic nitrogens is 2. The van der Waals surface area contributed by atoms with Crippen molar-refractivity contribution in [1.29, 1.82) is 0 Å². The third-order valence-corrected chi connectivity index (χ3v) is 4.16. The van der Waals surface area contributed by atoms with Gasteiger partial charge in [-0.1, -0.05) is 6.92 Å². The highest BCUT2D eigenvalue weighted by Gasteiger charge is 2.15. The van der Waals surface area contributed by atoms with Crippen LogP contribution in [-0.4, -0.2) is 16.9 Å². The molecule has 1 heterocycles. The molecule has 6 heteroatoms. The SMILES string of the molecule is CCc1nn(CC)c(COc2ccc(N)cc2OC)c1Br. The molecule has 1 aromatic heterocycles. The number of hydrogen-bond donors (Lipinski definition) is 1. The highest BCUT2D eigenvalue weighted by atomic mass is 79.9. The van der Waals surface area contributed by atoms with E-state index in [0.717, 1.165) is 28.8 Å². The van der Waals surface area contributed by atoms with E-state index in [0.29, 0.717) is 23.8 Å². The van der Waals surface area contributed by atoms with Gasteiger partial charge in [-0.2, -0.15) is 5.10 Å². The number of nitrogen functional groups attached to an aromatic ring is 1. The second-order valence-electron chi connectivity index (χ2n) is 4.58. The van der Waals surface area contributed by atoms with Crippen LogP contribution in [0.5, 0.6) is 11.5 Å². The molecule has 114 valence electrons. The summed E-state index contributed by atoms with van der Waals surface area (Å²) in [4.78, 5) is 0. The molecule has 0 aliphatic carbocycles. The van der Waals surface area contributed by atoms with E-state index >= 15 is 0 Å². The van der Waals surface area contributed by atoms with E-state index < -0.39 is 0 Å². The Morgan fingerprint density at radius 3 is 2.67 bits per heavy atom. The molecule has 21 heavy (non-hydrogen) atoms. The Labute approximate surface area is 133 Å². The van der Waals surface area contributed by atoms with Gasteiger partial charge in [-0.15, -0.1) is 0 Å². The zero-order valence-electron chi connectivity index (χ0n) is 12.5. The van der Waals surface area contributed by atoms with E-state index in [2.05, 4.69) is 34.9 Å². The molecule has 2 N–H and O–H groups in total. The molecule has 0 saturated heterocycles. The van der Waals surface area contributed by atoms with Crippen molar-refractivity contribution in [2.75, 3.05) is 12.8 Å². The lowest BCUT2D eigenvalue weighted by Crippen LogP contribution is -2.07. The van der Waals surface area contributed by atoms with Crippen molar-refractivity contribution >= 4 is 21.6 Å².